The number of esters is 2. The van der Waals surface area contributed by atoms with Crippen LogP contribution in [0.2, 0.25) is 0 Å². The summed E-state index contributed by atoms with van der Waals surface area (Å²) in [5.74, 6) is -0.567. The number of carbonyl (C=O) groups excluding carboxylic acids is 4. The molecule has 0 spiro atoms. The van der Waals surface area contributed by atoms with Crippen molar-refractivity contribution >= 4 is 69.8 Å². The van der Waals surface area contributed by atoms with E-state index in [2.05, 4.69) is 46.0 Å². The number of aromatic nitrogens is 2. The first-order valence-corrected chi connectivity index (χ1v) is 20.0. The number of hydrogen-bond acceptors (Lipinski definition) is 18. The van der Waals surface area contributed by atoms with Gasteiger partial charge < -0.3 is 43.0 Å². The Kier molecular flexibility index (Phi) is 15.4. The number of nitrogens with one attached hydrogen (secondary N) is 2. The number of ether oxygens (including phenoxy) is 2. The first-order chi connectivity index (χ1) is 29.6. The van der Waals surface area contributed by atoms with Crippen LogP contribution < -0.4 is 43.0 Å². The van der Waals surface area contributed by atoms with E-state index >= 15 is 0 Å². The van der Waals surface area contributed by atoms with Crippen molar-refractivity contribution in [3.8, 4) is 11.5 Å². The fraction of sp³-hybridized carbons (Fsp3) is 0.366. The number of benzene rings is 2. The minimum atomic E-state index is -0.479. The fourth-order valence-electron chi connectivity index (χ4n) is 6.83. The third kappa shape index (κ3) is 12.9. The summed E-state index contributed by atoms with van der Waals surface area (Å²) in [4.78, 5) is 62.5. The van der Waals surface area contributed by atoms with Crippen LogP contribution in [0, 0.1) is 0 Å². The molecule has 2 saturated heterocycles. The van der Waals surface area contributed by atoms with Gasteiger partial charge in [0.15, 0.2) is 23.1 Å². The van der Waals surface area contributed by atoms with Crippen LogP contribution in [-0.4, -0.2) is 95.9 Å². The van der Waals surface area contributed by atoms with Gasteiger partial charge in [0.25, 0.3) is 0 Å². The van der Waals surface area contributed by atoms with Crippen LogP contribution in [0.5, 0.6) is 11.5 Å². The molecule has 320 valence electrons. The quantitative estimate of drug-likeness (QED) is 0.0501. The van der Waals surface area contributed by atoms with Gasteiger partial charge in [0.05, 0.1) is 19.6 Å². The average molecular weight is 835 g/mol. The summed E-state index contributed by atoms with van der Waals surface area (Å²) in [7, 11) is 0. The number of nitrogens with two attached hydrogens (primary N) is 4. The minimum Gasteiger partial charge on any atom is -0.423 e. The molecular weight excluding hydrogens is 785 g/mol. The van der Waals surface area contributed by atoms with Crippen molar-refractivity contribution in [2.24, 2.45) is 31.9 Å². The maximum Gasteiger partial charge on any atom is 0.325 e. The van der Waals surface area contributed by atoms with E-state index in [1.165, 1.54) is 6.07 Å². The first kappa shape index (κ1) is 43.8. The molecule has 1 atom stereocenters. The van der Waals surface area contributed by atoms with Gasteiger partial charge in [-0.3, -0.25) is 29.0 Å². The molecule has 20 nitrogen and oxygen atoms in total. The normalized spacial score (nSPS) is 16.1. The molecule has 1 unspecified atom stereocenters. The molecule has 4 aromatic rings. The van der Waals surface area contributed by atoms with Crippen LogP contribution in [-0.2, 0) is 19.2 Å². The smallest absolute Gasteiger partial charge is 0.325 e. The molecule has 4 heterocycles. The maximum atomic E-state index is 13.3. The summed E-state index contributed by atoms with van der Waals surface area (Å²) in [6.07, 6.45) is 4.98. The highest BCUT2D eigenvalue weighted by Crippen LogP contribution is 2.37. The summed E-state index contributed by atoms with van der Waals surface area (Å²) >= 11 is 0. The number of para-hydroxylation sites is 1. The minimum absolute atomic E-state index is 0.00382. The van der Waals surface area contributed by atoms with Crippen molar-refractivity contribution in [3.63, 3.8) is 0 Å². The zero-order valence-corrected chi connectivity index (χ0v) is 33.7. The number of likely N-dealkylation sites (tertiary alicyclic amines) is 2. The molecule has 0 radical (unpaired) electrons. The monoisotopic (exact) mass is 834 g/mol. The van der Waals surface area contributed by atoms with Gasteiger partial charge in [-0.15, -0.1) is 20.5 Å². The second kappa shape index (κ2) is 21.5. The number of rotatable bonds is 16. The van der Waals surface area contributed by atoms with E-state index in [4.69, 9.17) is 32.4 Å². The van der Waals surface area contributed by atoms with Gasteiger partial charge in [0.2, 0.25) is 11.8 Å². The number of azo groups is 2. The van der Waals surface area contributed by atoms with Crippen LogP contribution in [0.25, 0.3) is 0 Å². The molecule has 2 aliphatic heterocycles. The largest absolute Gasteiger partial charge is 0.423 e. The van der Waals surface area contributed by atoms with Crippen molar-refractivity contribution in [1.82, 2.24) is 19.8 Å². The summed E-state index contributed by atoms with van der Waals surface area (Å²) in [5, 5.41) is 22.3. The second-order valence-electron chi connectivity index (χ2n) is 14.5. The zero-order valence-electron chi connectivity index (χ0n) is 33.7. The molecule has 10 N–H and O–H groups in total. The molecule has 6 rings (SSSR count). The molecule has 0 bridgehead atoms. The molecular formula is C41H50N14O6. The lowest BCUT2D eigenvalue weighted by atomic mass is 9.90. The van der Waals surface area contributed by atoms with E-state index in [1.807, 2.05) is 11.0 Å². The first-order valence-electron chi connectivity index (χ1n) is 20.0. The van der Waals surface area contributed by atoms with E-state index < -0.39 is 17.8 Å². The molecule has 2 aromatic carbocycles. The molecule has 2 aromatic heterocycles. The Morgan fingerprint density at radius 1 is 0.656 bits per heavy atom. The lowest BCUT2D eigenvalue weighted by molar-refractivity contribution is -0.136. The molecule has 61 heavy (non-hydrogen) atoms. The van der Waals surface area contributed by atoms with Crippen molar-refractivity contribution in [3.05, 3.63) is 72.3 Å². The lowest BCUT2D eigenvalue weighted by Crippen LogP contribution is -2.39. The van der Waals surface area contributed by atoms with Crippen LogP contribution in [0.3, 0.4) is 0 Å². The van der Waals surface area contributed by atoms with Gasteiger partial charge in [0, 0.05) is 19.5 Å². The van der Waals surface area contributed by atoms with Crippen molar-refractivity contribution < 1.29 is 28.7 Å². The standard InChI is InChI=1S/C41H50N14O6/c42-17-16-36(56)46-34-14-12-31(40(44)48-34)53-51-29-11-10-26(21-33(29)61-38(58)24-54-18-4-1-5-19-54)27-7-6-20-55(23-27)25-39(59)60-32-9-3-2-8-28(32)50-52-30-13-15-35(49-41(30)45)47-37(57)22-43/h2-3,8-15,21,27H,1,4-7,16-20,22-25,42-43H2,(H3,44,46,48,56)(H3,45,47,49,57)/b52-50+,53-51+. The number of piperidine rings is 2. The highest BCUT2D eigenvalue weighted by molar-refractivity contribution is 5.91. The Balaban J connectivity index is 1.13. The number of nitrogens with zero attached hydrogens (tertiary/aromatic N) is 8. The molecule has 2 aliphatic rings. The Morgan fingerprint density at radius 2 is 1.21 bits per heavy atom. The average Bonchev–Trinajstić information content (AvgIpc) is 3.24. The number of pyridine rings is 2. The summed E-state index contributed by atoms with van der Waals surface area (Å²) in [5.41, 5.74) is 25.0. The summed E-state index contributed by atoms with van der Waals surface area (Å²) < 4.78 is 11.7. The third-order valence-electron chi connectivity index (χ3n) is 9.86. The third-order valence-corrected chi connectivity index (χ3v) is 9.86. The fourth-order valence-corrected chi connectivity index (χ4v) is 6.83. The zero-order chi connectivity index (χ0) is 43.1. The van der Waals surface area contributed by atoms with Gasteiger partial charge in [-0.25, -0.2) is 9.97 Å². The van der Waals surface area contributed by atoms with E-state index in [-0.39, 0.29) is 90.6 Å². The second-order valence-corrected chi connectivity index (χ2v) is 14.5. The predicted octanol–water partition coefficient (Wildman–Crippen LogP) is 4.83. The summed E-state index contributed by atoms with van der Waals surface area (Å²) in [6, 6.07) is 18.4. The lowest BCUT2D eigenvalue weighted by Gasteiger charge is -2.32. The number of carbonyl (C=O) groups is 4. The number of amides is 2. The highest BCUT2D eigenvalue weighted by atomic mass is 16.5. The van der Waals surface area contributed by atoms with E-state index in [0.29, 0.717) is 24.5 Å². The van der Waals surface area contributed by atoms with Gasteiger partial charge >= 0.3 is 11.9 Å². The highest BCUT2D eigenvalue weighted by Gasteiger charge is 2.26. The Morgan fingerprint density at radius 3 is 1.85 bits per heavy atom. The predicted molar refractivity (Wildman–Crippen MR) is 228 cm³/mol. The summed E-state index contributed by atoms with van der Waals surface area (Å²) in [6.45, 7) is 3.04. The molecule has 2 fully saturated rings. The van der Waals surface area contributed by atoms with Gasteiger partial charge in [0.1, 0.15) is 34.4 Å². The van der Waals surface area contributed by atoms with Crippen molar-refractivity contribution in [2.45, 2.75) is 44.4 Å². The van der Waals surface area contributed by atoms with Crippen molar-refractivity contribution in [1.29, 1.82) is 0 Å². The van der Waals surface area contributed by atoms with Crippen molar-refractivity contribution in [2.75, 3.05) is 74.5 Å². The van der Waals surface area contributed by atoms with Gasteiger partial charge in [-0.1, -0.05) is 24.6 Å². The van der Waals surface area contributed by atoms with Crippen LogP contribution in [0.1, 0.15) is 50.0 Å². The number of nitrogen functional groups attached to an aromatic ring is 2. The van der Waals surface area contributed by atoms with Gasteiger partial charge in [-0.2, -0.15) is 0 Å². The molecule has 0 aliphatic carbocycles. The van der Waals surface area contributed by atoms with Crippen LogP contribution in [0.15, 0.2) is 87.2 Å². The molecule has 0 saturated carbocycles. The van der Waals surface area contributed by atoms with Gasteiger partial charge in [-0.05, 0) is 105 Å². The Bertz CT molecular complexity index is 2260. The van der Waals surface area contributed by atoms with Crippen LogP contribution >= 0.6 is 0 Å². The Labute approximate surface area is 352 Å². The Hall–Kier alpha value is -6.74. The van der Waals surface area contributed by atoms with E-state index in [1.54, 1.807) is 54.6 Å². The number of anilines is 4. The number of hydrogen-bond donors (Lipinski definition) is 6. The topological polar surface area (TPSA) is 297 Å². The molecule has 20 heteroatoms. The van der Waals surface area contributed by atoms with Crippen LogP contribution in [0.4, 0.5) is 46.0 Å². The maximum absolute atomic E-state index is 13.3. The SMILES string of the molecule is NCCC(=O)Nc1ccc(/N=N/c2ccc(C3CCCN(CC(=O)Oc4ccccc4/N=N/c4ccc(NC(=O)CN)nc4N)C3)cc2OC(=O)CN2CCCCC2)c(N)n1. The van der Waals surface area contributed by atoms with E-state index in [9.17, 15) is 19.2 Å². The van der Waals surface area contributed by atoms with E-state index in [0.717, 1.165) is 50.8 Å². The molecule has 2 amide bonds.